The summed E-state index contributed by atoms with van der Waals surface area (Å²) in [5.74, 6) is -14.7. The Morgan fingerprint density at radius 3 is 1.26 bits per heavy atom. The zero-order valence-electron chi connectivity index (χ0n) is 14.9. The van der Waals surface area contributed by atoms with Gasteiger partial charge in [-0.1, -0.05) is 60.7 Å². The van der Waals surface area contributed by atoms with Crippen molar-refractivity contribution in [2.24, 2.45) is 0 Å². The molecule has 0 unspecified atom stereocenters. The molecule has 0 aliphatic carbocycles. The average molecular weight is 500 g/mol. The largest absolute Gasteiger partial charge is 0.460 e. The van der Waals surface area contributed by atoms with E-state index in [9.17, 15) is 47.9 Å². The molecule has 0 aliphatic heterocycles. The summed E-state index contributed by atoms with van der Waals surface area (Å²) >= 11 is 4.61. The maximum Gasteiger partial charge on any atom is 0.460 e. The van der Waals surface area contributed by atoms with Gasteiger partial charge in [0.15, 0.2) is 0 Å². The van der Waals surface area contributed by atoms with E-state index in [4.69, 9.17) is 4.55 Å². The number of rotatable bonds is 5. The molecule has 0 amide bonds. The molecule has 0 aliphatic rings. The van der Waals surface area contributed by atoms with Gasteiger partial charge in [-0.05, 0) is 11.1 Å². The van der Waals surface area contributed by atoms with Crippen LogP contribution >= 0.6 is 12.6 Å². The van der Waals surface area contributed by atoms with Crippen molar-refractivity contribution in [3.8, 4) is 0 Å². The van der Waals surface area contributed by atoms with Crippen molar-refractivity contribution in [1.82, 2.24) is 0 Å². The van der Waals surface area contributed by atoms with E-state index in [-0.39, 0.29) is 5.25 Å². The molecule has 0 fully saturated rings. The molecule has 174 valence electrons. The molecule has 0 saturated carbocycles. The highest BCUT2D eigenvalue weighted by molar-refractivity contribution is 7.87. The monoisotopic (exact) mass is 500 g/mol. The number of hydrogen-bond donors (Lipinski definition) is 2. The molecule has 14 heteroatoms. The standard InChI is InChI=1S/C13H12S.C4HF9O3S/c14-13(11-7-3-1-4-8-11)12-9-5-2-6-10-12;5-1(6,3(9,10)11)2(7,8)4(12,13)17(14,15)16/h1-10,13-14H;(H,14,15,16). The first kappa shape index (κ1) is 27.1. The van der Waals surface area contributed by atoms with Gasteiger partial charge in [0.25, 0.3) is 0 Å². The van der Waals surface area contributed by atoms with Crippen LogP contribution in [-0.4, -0.2) is 36.2 Å². The lowest BCUT2D eigenvalue weighted by atomic mass is 10.0. The fraction of sp³-hybridized carbons (Fsp3) is 0.294. The Kier molecular flexibility index (Phi) is 8.12. The van der Waals surface area contributed by atoms with E-state index < -0.39 is 33.4 Å². The van der Waals surface area contributed by atoms with Crippen LogP contribution in [0.5, 0.6) is 0 Å². The normalized spacial score (nSPS) is 13.5. The lowest BCUT2D eigenvalue weighted by molar-refractivity contribution is -0.382. The molecular formula is C17H13F9O3S2. The fourth-order valence-electron chi connectivity index (χ4n) is 1.99. The predicted octanol–water partition coefficient (Wildman–Crippen LogP) is 6.01. The summed E-state index contributed by atoms with van der Waals surface area (Å²) in [6.07, 6.45) is -7.13. The number of alkyl halides is 9. The Hall–Kier alpha value is -1.93. The molecule has 0 saturated heterocycles. The van der Waals surface area contributed by atoms with Gasteiger partial charge in [-0.3, -0.25) is 4.55 Å². The minimum absolute atomic E-state index is 0.178. The molecule has 0 spiro atoms. The number of halogens is 9. The van der Waals surface area contributed by atoms with Gasteiger partial charge >= 0.3 is 33.4 Å². The molecule has 2 rings (SSSR count). The Balaban J connectivity index is 0.000000314. The van der Waals surface area contributed by atoms with E-state index in [1.165, 1.54) is 11.1 Å². The van der Waals surface area contributed by atoms with E-state index in [1.807, 2.05) is 36.4 Å². The minimum Gasteiger partial charge on any atom is -0.281 e. The fourth-order valence-corrected chi connectivity index (χ4v) is 2.78. The van der Waals surface area contributed by atoms with Crippen molar-refractivity contribution in [3.63, 3.8) is 0 Å². The smallest absolute Gasteiger partial charge is 0.281 e. The first-order valence-electron chi connectivity index (χ1n) is 7.83. The number of benzene rings is 2. The van der Waals surface area contributed by atoms with E-state index in [0.717, 1.165) is 0 Å². The second-order valence-electron chi connectivity index (χ2n) is 5.86. The van der Waals surface area contributed by atoms with Gasteiger partial charge in [-0.2, -0.15) is 60.6 Å². The van der Waals surface area contributed by atoms with E-state index in [0.29, 0.717) is 0 Å². The Morgan fingerprint density at radius 2 is 1.00 bits per heavy atom. The van der Waals surface area contributed by atoms with Gasteiger partial charge < -0.3 is 0 Å². The van der Waals surface area contributed by atoms with Gasteiger partial charge in [0, 0.05) is 0 Å². The Labute approximate surface area is 176 Å². The Morgan fingerprint density at radius 1 is 0.677 bits per heavy atom. The van der Waals surface area contributed by atoms with Crippen molar-refractivity contribution in [2.75, 3.05) is 0 Å². The molecule has 0 atom stereocenters. The molecule has 3 nitrogen and oxygen atoms in total. The first-order chi connectivity index (χ1) is 13.9. The summed E-state index contributed by atoms with van der Waals surface area (Å²) in [6.45, 7) is 0. The molecule has 1 N–H and O–H groups in total. The molecular weight excluding hydrogens is 487 g/mol. The third-order valence-electron chi connectivity index (χ3n) is 3.67. The van der Waals surface area contributed by atoms with Crippen LogP contribution in [0, 0.1) is 0 Å². The van der Waals surface area contributed by atoms with Crippen molar-refractivity contribution in [1.29, 1.82) is 0 Å². The maximum absolute atomic E-state index is 12.2. The van der Waals surface area contributed by atoms with Gasteiger partial charge in [-0.25, -0.2) is 0 Å². The van der Waals surface area contributed by atoms with Crippen LogP contribution in [0.3, 0.4) is 0 Å². The molecule has 0 radical (unpaired) electrons. The third-order valence-corrected chi connectivity index (χ3v) is 5.17. The number of thiol groups is 1. The second kappa shape index (κ2) is 9.28. The van der Waals surface area contributed by atoms with Crippen molar-refractivity contribution >= 4 is 22.7 Å². The van der Waals surface area contributed by atoms with Crippen molar-refractivity contribution in [2.45, 2.75) is 28.5 Å². The topological polar surface area (TPSA) is 54.4 Å². The van der Waals surface area contributed by atoms with Gasteiger partial charge in [-0.15, -0.1) is 0 Å². The highest BCUT2D eigenvalue weighted by Gasteiger charge is 2.85. The summed E-state index contributed by atoms with van der Waals surface area (Å²) < 4.78 is 134. The van der Waals surface area contributed by atoms with E-state index in [1.54, 1.807) is 0 Å². The first-order valence-corrected chi connectivity index (χ1v) is 9.78. The molecule has 0 bridgehead atoms. The molecule has 31 heavy (non-hydrogen) atoms. The molecule has 2 aromatic carbocycles. The van der Waals surface area contributed by atoms with Crippen molar-refractivity contribution < 1.29 is 52.5 Å². The molecule has 0 heterocycles. The van der Waals surface area contributed by atoms with Gasteiger partial charge in [0.1, 0.15) is 0 Å². The lowest BCUT2D eigenvalue weighted by Gasteiger charge is -2.31. The SMILES string of the molecule is O=S(=O)(O)C(F)(F)C(F)(F)C(F)(F)C(F)(F)F.SC(c1ccccc1)c1ccccc1. The molecule has 2 aromatic rings. The minimum atomic E-state index is -7.37. The van der Waals surface area contributed by atoms with Crippen LogP contribution < -0.4 is 0 Å². The number of hydrogen-bond acceptors (Lipinski definition) is 3. The van der Waals surface area contributed by atoms with E-state index >= 15 is 0 Å². The lowest BCUT2D eigenvalue weighted by Crippen LogP contribution is -2.63. The van der Waals surface area contributed by atoms with E-state index in [2.05, 4.69) is 36.9 Å². The maximum atomic E-state index is 12.2. The summed E-state index contributed by atoms with van der Waals surface area (Å²) in [7, 11) is -7.17. The van der Waals surface area contributed by atoms with Gasteiger partial charge in [0.05, 0.1) is 5.25 Å². The summed E-state index contributed by atoms with van der Waals surface area (Å²) in [6, 6.07) is 20.6. The second-order valence-corrected chi connectivity index (χ2v) is 7.84. The predicted molar refractivity (Wildman–Crippen MR) is 96.2 cm³/mol. The summed E-state index contributed by atoms with van der Waals surface area (Å²) in [4.78, 5) is 0. The van der Waals surface area contributed by atoms with Crippen LogP contribution in [0.2, 0.25) is 0 Å². The Bertz CT molecular complexity index is 908. The van der Waals surface area contributed by atoms with Crippen LogP contribution in [0.25, 0.3) is 0 Å². The zero-order chi connectivity index (χ0) is 24.3. The average Bonchev–Trinajstić information content (AvgIpc) is 2.67. The highest BCUT2D eigenvalue weighted by Crippen LogP contribution is 2.54. The van der Waals surface area contributed by atoms with Crippen molar-refractivity contribution in [3.05, 3.63) is 71.8 Å². The van der Waals surface area contributed by atoms with Crippen LogP contribution in [0.1, 0.15) is 16.4 Å². The van der Waals surface area contributed by atoms with Crippen LogP contribution in [0.15, 0.2) is 60.7 Å². The van der Waals surface area contributed by atoms with Crippen LogP contribution in [0.4, 0.5) is 39.5 Å². The highest BCUT2D eigenvalue weighted by atomic mass is 32.2. The third kappa shape index (κ3) is 5.66. The summed E-state index contributed by atoms with van der Waals surface area (Å²) in [5, 5.41) is -6.82. The molecule has 0 aromatic heterocycles. The summed E-state index contributed by atoms with van der Waals surface area (Å²) in [5.41, 5.74) is 2.48. The van der Waals surface area contributed by atoms with Gasteiger partial charge in [0.2, 0.25) is 0 Å². The zero-order valence-corrected chi connectivity index (χ0v) is 16.6. The van der Waals surface area contributed by atoms with Crippen LogP contribution in [-0.2, 0) is 10.1 Å². The quantitative estimate of drug-likeness (QED) is 0.301.